The Bertz CT molecular complexity index is 448. The fraction of sp³-hybridized carbons (Fsp3) is 0.500. The first-order valence-corrected chi connectivity index (χ1v) is 6.30. The Hall–Kier alpha value is -1.72. The maximum atomic E-state index is 12.0. The number of hydrogen-bond acceptors (Lipinski definition) is 2. The minimum atomic E-state index is -4.72. The lowest BCUT2D eigenvalue weighted by Crippen LogP contribution is -2.32. The van der Waals surface area contributed by atoms with E-state index < -0.39 is 17.7 Å². The zero-order valence-corrected chi connectivity index (χ0v) is 11.3. The van der Waals surface area contributed by atoms with Crippen LogP contribution in [-0.2, 0) is 11.2 Å². The number of halogens is 3. The van der Waals surface area contributed by atoms with Gasteiger partial charge in [-0.15, -0.1) is 13.2 Å². The van der Waals surface area contributed by atoms with Crippen molar-refractivity contribution in [2.24, 2.45) is 5.41 Å². The van der Waals surface area contributed by atoms with Gasteiger partial charge in [0.25, 0.3) is 0 Å². The minimum Gasteiger partial charge on any atom is -0.481 e. The van der Waals surface area contributed by atoms with Crippen molar-refractivity contribution in [3.63, 3.8) is 0 Å². The van der Waals surface area contributed by atoms with Crippen LogP contribution in [0.3, 0.4) is 0 Å². The summed E-state index contributed by atoms with van der Waals surface area (Å²) in [7, 11) is 0. The number of carbonyl (C=O) groups is 1. The van der Waals surface area contributed by atoms with Gasteiger partial charge >= 0.3 is 12.3 Å². The molecule has 0 unspecified atom stereocenters. The van der Waals surface area contributed by atoms with Crippen LogP contribution in [0.4, 0.5) is 13.2 Å². The Labute approximate surface area is 115 Å². The van der Waals surface area contributed by atoms with E-state index in [1.54, 1.807) is 13.8 Å². The van der Waals surface area contributed by atoms with Crippen molar-refractivity contribution in [3.05, 3.63) is 29.8 Å². The van der Waals surface area contributed by atoms with E-state index in [1.807, 2.05) is 0 Å². The van der Waals surface area contributed by atoms with Gasteiger partial charge in [0.1, 0.15) is 5.75 Å². The molecule has 0 aliphatic carbocycles. The molecule has 0 amide bonds. The molecule has 6 heteroatoms. The van der Waals surface area contributed by atoms with Crippen molar-refractivity contribution in [1.29, 1.82) is 0 Å². The van der Waals surface area contributed by atoms with Crippen LogP contribution >= 0.6 is 0 Å². The summed E-state index contributed by atoms with van der Waals surface area (Å²) in [4.78, 5) is 11.4. The predicted octanol–water partition coefficient (Wildman–Crippen LogP) is 4.02. The molecule has 0 saturated heterocycles. The van der Waals surface area contributed by atoms with Gasteiger partial charge in [0.15, 0.2) is 0 Å². The molecule has 0 spiro atoms. The summed E-state index contributed by atoms with van der Waals surface area (Å²) in [6, 6.07) is 5.32. The van der Waals surface area contributed by atoms with Gasteiger partial charge in [-0.05, 0) is 37.0 Å². The average Bonchev–Trinajstić information content (AvgIpc) is 2.36. The van der Waals surface area contributed by atoms with E-state index in [9.17, 15) is 23.1 Å². The Morgan fingerprint density at radius 1 is 1.15 bits per heavy atom. The maximum absolute atomic E-state index is 12.0. The Morgan fingerprint density at radius 2 is 1.65 bits per heavy atom. The molecule has 3 nitrogen and oxygen atoms in total. The number of aliphatic carboxylic acids is 1. The van der Waals surface area contributed by atoms with Crippen molar-refractivity contribution < 1.29 is 27.8 Å². The average molecular weight is 290 g/mol. The molecular weight excluding hydrogens is 273 g/mol. The van der Waals surface area contributed by atoms with E-state index in [4.69, 9.17) is 0 Å². The molecule has 1 N–H and O–H groups in total. The number of rotatable bonds is 6. The van der Waals surface area contributed by atoms with Crippen molar-refractivity contribution in [2.45, 2.75) is 39.5 Å². The second-order valence-corrected chi connectivity index (χ2v) is 4.66. The van der Waals surface area contributed by atoms with Gasteiger partial charge in [-0.2, -0.15) is 0 Å². The highest BCUT2D eigenvalue weighted by Crippen LogP contribution is 2.32. The molecule has 0 heterocycles. The van der Waals surface area contributed by atoms with Crippen LogP contribution in [0.25, 0.3) is 0 Å². The minimum absolute atomic E-state index is 0.279. The molecule has 1 rings (SSSR count). The standard InChI is InChI=1S/C14H17F3O3/c1-3-13(4-2,12(18)19)9-10-5-7-11(8-6-10)20-14(15,16)17/h5-8H,3-4,9H2,1-2H3,(H,18,19). The Kier molecular flexibility index (Phi) is 5.03. The number of hydrogen-bond donors (Lipinski definition) is 1. The summed E-state index contributed by atoms with van der Waals surface area (Å²) in [5, 5.41) is 9.32. The Morgan fingerprint density at radius 3 is 2.00 bits per heavy atom. The van der Waals surface area contributed by atoms with Crippen LogP contribution in [0.2, 0.25) is 0 Å². The first-order valence-electron chi connectivity index (χ1n) is 6.30. The molecule has 20 heavy (non-hydrogen) atoms. The number of carboxylic acids is 1. The quantitative estimate of drug-likeness (QED) is 0.860. The lowest BCUT2D eigenvalue weighted by atomic mass is 9.77. The van der Waals surface area contributed by atoms with Crippen LogP contribution in [-0.4, -0.2) is 17.4 Å². The van der Waals surface area contributed by atoms with Crippen LogP contribution in [0.15, 0.2) is 24.3 Å². The molecule has 0 aromatic heterocycles. The molecule has 1 aromatic rings. The highest BCUT2D eigenvalue weighted by molar-refractivity contribution is 5.75. The first kappa shape index (κ1) is 16.3. The zero-order chi connectivity index (χ0) is 15.4. The predicted molar refractivity (Wildman–Crippen MR) is 67.5 cm³/mol. The lowest BCUT2D eigenvalue weighted by Gasteiger charge is -2.26. The van der Waals surface area contributed by atoms with Gasteiger partial charge in [0, 0.05) is 0 Å². The summed E-state index contributed by atoms with van der Waals surface area (Å²) in [6.45, 7) is 3.58. The summed E-state index contributed by atoms with van der Waals surface area (Å²) in [6.07, 6.45) is -3.53. The molecule has 0 saturated carbocycles. The first-order chi connectivity index (χ1) is 9.22. The summed E-state index contributed by atoms with van der Waals surface area (Å²) in [5.41, 5.74) is -0.211. The summed E-state index contributed by atoms with van der Waals surface area (Å²) in [5.74, 6) is -1.20. The van der Waals surface area contributed by atoms with Crippen molar-refractivity contribution >= 4 is 5.97 Å². The van der Waals surface area contributed by atoms with Gasteiger partial charge in [0.05, 0.1) is 5.41 Å². The maximum Gasteiger partial charge on any atom is 0.573 e. The topological polar surface area (TPSA) is 46.5 Å². The molecule has 0 fully saturated rings. The third-order valence-corrected chi connectivity index (χ3v) is 3.51. The third kappa shape index (κ3) is 4.15. The van der Waals surface area contributed by atoms with Crippen LogP contribution < -0.4 is 4.74 Å². The molecule has 0 aliphatic rings. The van der Waals surface area contributed by atoms with Crippen molar-refractivity contribution in [3.8, 4) is 5.75 Å². The van der Waals surface area contributed by atoms with E-state index in [-0.39, 0.29) is 12.2 Å². The second-order valence-electron chi connectivity index (χ2n) is 4.66. The molecule has 0 bridgehead atoms. The van der Waals surface area contributed by atoms with Crippen LogP contribution in [0, 0.1) is 5.41 Å². The second kappa shape index (κ2) is 6.15. The normalized spacial score (nSPS) is 12.2. The molecule has 112 valence electrons. The van der Waals surface area contributed by atoms with E-state index in [0.717, 1.165) is 0 Å². The number of alkyl halides is 3. The summed E-state index contributed by atoms with van der Waals surface area (Å²) < 4.78 is 39.9. The fourth-order valence-electron chi connectivity index (χ4n) is 2.08. The highest BCUT2D eigenvalue weighted by atomic mass is 19.4. The van der Waals surface area contributed by atoms with Crippen molar-refractivity contribution in [1.82, 2.24) is 0 Å². The van der Waals surface area contributed by atoms with Crippen LogP contribution in [0.1, 0.15) is 32.3 Å². The zero-order valence-electron chi connectivity index (χ0n) is 11.3. The monoisotopic (exact) mass is 290 g/mol. The molecular formula is C14H17F3O3. The van der Waals surface area contributed by atoms with Crippen LogP contribution in [0.5, 0.6) is 5.75 Å². The number of benzene rings is 1. The van der Waals surface area contributed by atoms with Gasteiger partial charge in [-0.1, -0.05) is 26.0 Å². The van der Waals surface area contributed by atoms with Gasteiger partial charge in [-0.3, -0.25) is 4.79 Å². The highest BCUT2D eigenvalue weighted by Gasteiger charge is 2.35. The van der Waals surface area contributed by atoms with E-state index >= 15 is 0 Å². The van der Waals surface area contributed by atoms with Gasteiger partial charge in [0.2, 0.25) is 0 Å². The van der Waals surface area contributed by atoms with Gasteiger partial charge in [-0.25, -0.2) is 0 Å². The molecule has 0 atom stereocenters. The smallest absolute Gasteiger partial charge is 0.481 e. The van der Waals surface area contributed by atoms with Gasteiger partial charge < -0.3 is 9.84 Å². The Balaban J connectivity index is 2.86. The number of carboxylic acid groups (broad SMARTS) is 1. The molecule has 0 aliphatic heterocycles. The largest absolute Gasteiger partial charge is 0.573 e. The summed E-state index contributed by atoms with van der Waals surface area (Å²) >= 11 is 0. The SMILES string of the molecule is CCC(CC)(Cc1ccc(OC(F)(F)F)cc1)C(=O)O. The fourth-order valence-corrected chi connectivity index (χ4v) is 2.08. The molecule has 1 aromatic carbocycles. The number of ether oxygens (including phenoxy) is 1. The van der Waals surface area contributed by atoms with E-state index in [1.165, 1.54) is 24.3 Å². The third-order valence-electron chi connectivity index (χ3n) is 3.51. The van der Waals surface area contributed by atoms with E-state index in [0.29, 0.717) is 18.4 Å². The van der Waals surface area contributed by atoms with Crippen molar-refractivity contribution in [2.75, 3.05) is 0 Å². The lowest BCUT2D eigenvalue weighted by molar-refractivity contribution is -0.274. The molecule has 0 radical (unpaired) electrons. The van der Waals surface area contributed by atoms with E-state index in [2.05, 4.69) is 4.74 Å².